The number of ether oxygens (including phenoxy) is 1. The number of hydrogen-bond acceptors (Lipinski definition) is 5. The number of aliphatic hydroxyl groups is 1. The highest BCUT2D eigenvalue weighted by Crippen LogP contribution is 2.56. The molecule has 2 N–H and O–H groups in total. The van der Waals surface area contributed by atoms with Gasteiger partial charge in [-0.2, -0.15) is 0 Å². The molecule has 3 aliphatic carbocycles. The number of phenolic OH excluding ortho intramolecular Hbond substituents is 1. The van der Waals surface area contributed by atoms with Crippen LogP contribution in [0.4, 0.5) is 0 Å². The Balaban J connectivity index is 1.67. The van der Waals surface area contributed by atoms with Crippen LogP contribution in [0, 0.1) is 5.92 Å². The summed E-state index contributed by atoms with van der Waals surface area (Å²) in [6.07, 6.45) is 3.02. The minimum atomic E-state index is -1.11. The van der Waals surface area contributed by atoms with E-state index in [0.717, 1.165) is 23.4 Å². The highest BCUT2D eigenvalue weighted by molar-refractivity contribution is 6.02. The molecule has 1 aliphatic heterocycles. The van der Waals surface area contributed by atoms with E-state index in [4.69, 9.17) is 9.73 Å². The Hall–Kier alpha value is -1.88. The van der Waals surface area contributed by atoms with E-state index >= 15 is 0 Å². The molecule has 0 amide bonds. The largest absolute Gasteiger partial charge is 0.504 e. The number of carbonyl (C=O) groups excluding carboxylic acids is 1. The summed E-state index contributed by atoms with van der Waals surface area (Å²) in [5.74, 6) is 0.667. The van der Waals surface area contributed by atoms with Crippen LogP contribution in [0.5, 0.6) is 11.5 Å². The first-order chi connectivity index (χ1) is 11.1. The Morgan fingerprint density at radius 1 is 1.35 bits per heavy atom. The van der Waals surface area contributed by atoms with Gasteiger partial charge < -0.3 is 14.9 Å². The van der Waals surface area contributed by atoms with Crippen LogP contribution in [0.2, 0.25) is 0 Å². The molecule has 0 bridgehead atoms. The molecule has 2 saturated carbocycles. The van der Waals surface area contributed by atoms with Gasteiger partial charge >= 0.3 is 0 Å². The summed E-state index contributed by atoms with van der Waals surface area (Å²) in [5.41, 5.74) is 1.51. The van der Waals surface area contributed by atoms with E-state index in [1.807, 2.05) is 6.07 Å². The Kier molecular flexibility index (Phi) is 2.56. The lowest BCUT2D eigenvalue weighted by Crippen LogP contribution is -2.56. The van der Waals surface area contributed by atoms with E-state index in [-0.39, 0.29) is 11.5 Å². The van der Waals surface area contributed by atoms with Gasteiger partial charge in [-0.05, 0) is 36.8 Å². The second-order valence-corrected chi connectivity index (χ2v) is 7.30. The second kappa shape index (κ2) is 4.35. The number of phenols is 1. The second-order valence-electron chi connectivity index (χ2n) is 7.30. The third-order valence-electron chi connectivity index (χ3n) is 5.80. The summed E-state index contributed by atoms with van der Waals surface area (Å²) < 4.78 is 5.78. The van der Waals surface area contributed by atoms with Gasteiger partial charge in [0.2, 0.25) is 0 Å². The smallest absolute Gasteiger partial charge is 0.174 e. The molecular formula is C18H19NO4. The number of aliphatic imine (C=N–C) groups is 1. The van der Waals surface area contributed by atoms with Crippen LogP contribution in [0.15, 0.2) is 17.1 Å². The van der Waals surface area contributed by atoms with E-state index in [1.54, 1.807) is 6.07 Å². The molecule has 1 heterocycles. The van der Waals surface area contributed by atoms with Gasteiger partial charge in [-0.3, -0.25) is 9.79 Å². The molecule has 5 heteroatoms. The van der Waals surface area contributed by atoms with Crippen molar-refractivity contribution in [2.45, 2.75) is 49.7 Å². The fourth-order valence-corrected chi connectivity index (χ4v) is 4.34. The molecule has 3 atom stereocenters. The predicted octanol–water partition coefficient (Wildman–Crippen LogP) is 1.74. The Morgan fingerprint density at radius 2 is 2.17 bits per heavy atom. The minimum absolute atomic E-state index is 0.00432. The molecule has 2 unspecified atom stereocenters. The van der Waals surface area contributed by atoms with Crippen LogP contribution in [-0.2, 0) is 11.2 Å². The van der Waals surface area contributed by atoms with E-state index in [9.17, 15) is 15.0 Å². The molecular weight excluding hydrogens is 294 g/mol. The third-order valence-corrected chi connectivity index (χ3v) is 5.80. The summed E-state index contributed by atoms with van der Waals surface area (Å²) in [5, 5.41) is 21.5. The van der Waals surface area contributed by atoms with Crippen molar-refractivity contribution in [3.8, 4) is 11.5 Å². The normalized spacial score (nSPS) is 36.0. The topological polar surface area (TPSA) is 79.1 Å². The lowest BCUT2D eigenvalue weighted by molar-refractivity contribution is -0.133. The maximum absolute atomic E-state index is 12.3. The lowest BCUT2D eigenvalue weighted by Gasteiger charge is -2.44. The third kappa shape index (κ3) is 1.77. The quantitative estimate of drug-likeness (QED) is 0.871. The number of rotatable bonds is 2. The molecule has 0 aromatic heterocycles. The highest BCUT2D eigenvalue weighted by atomic mass is 16.5. The molecule has 1 aromatic rings. The average Bonchev–Trinajstić information content (AvgIpc) is 3.26. The number of Topliss-reactive ketones (excluding diaryl/α,β-unsaturated/α-hetero) is 1. The Bertz CT molecular complexity index is 752. The van der Waals surface area contributed by atoms with E-state index in [2.05, 4.69) is 0 Å². The number of carbonyl (C=O) groups is 1. The zero-order valence-electron chi connectivity index (χ0n) is 12.8. The van der Waals surface area contributed by atoms with E-state index in [1.165, 1.54) is 12.8 Å². The summed E-state index contributed by atoms with van der Waals surface area (Å²) >= 11 is 0. The van der Waals surface area contributed by atoms with Crippen molar-refractivity contribution < 1.29 is 19.7 Å². The number of hydrogen-bond donors (Lipinski definition) is 2. The number of ketones is 1. The van der Waals surface area contributed by atoms with Gasteiger partial charge in [0.15, 0.2) is 23.4 Å². The van der Waals surface area contributed by atoms with Crippen LogP contribution < -0.4 is 4.74 Å². The minimum Gasteiger partial charge on any atom is -0.504 e. The Morgan fingerprint density at radius 3 is 2.96 bits per heavy atom. The maximum atomic E-state index is 12.3. The predicted molar refractivity (Wildman–Crippen MR) is 83.2 cm³/mol. The van der Waals surface area contributed by atoms with Crippen molar-refractivity contribution in [3.05, 3.63) is 23.3 Å². The SMILES string of the molecule is O=C1CC[C@@]2(O)C(=NCC3CC3)Cc3ccc(O)c4c3C2C1O4. The van der Waals surface area contributed by atoms with Crippen LogP contribution in [0.3, 0.4) is 0 Å². The van der Waals surface area contributed by atoms with Crippen molar-refractivity contribution >= 4 is 11.5 Å². The molecule has 0 saturated heterocycles. The standard InChI is InChI=1S/C18H19NO4/c20-11-4-3-10-7-13(19-8-9-1-2-9)18(22)6-5-12(21)17-15(18)14(10)16(11)23-17/h3-4,9,15,17,20,22H,1-2,5-8H2/t15?,17?,18-/m1/s1. The van der Waals surface area contributed by atoms with Gasteiger partial charge in [-0.25, -0.2) is 0 Å². The summed E-state index contributed by atoms with van der Waals surface area (Å²) in [6, 6.07) is 3.48. The zero-order chi connectivity index (χ0) is 15.8. The van der Waals surface area contributed by atoms with Crippen LogP contribution >= 0.6 is 0 Å². The highest BCUT2D eigenvalue weighted by Gasteiger charge is 2.60. The first kappa shape index (κ1) is 13.5. The molecule has 1 aromatic carbocycles. The van der Waals surface area contributed by atoms with Crippen molar-refractivity contribution in [3.63, 3.8) is 0 Å². The lowest BCUT2D eigenvalue weighted by atomic mass is 9.63. The monoisotopic (exact) mass is 313 g/mol. The van der Waals surface area contributed by atoms with E-state index in [0.29, 0.717) is 30.9 Å². The zero-order valence-corrected chi connectivity index (χ0v) is 12.8. The van der Waals surface area contributed by atoms with E-state index < -0.39 is 17.6 Å². The molecule has 120 valence electrons. The molecule has 5 rings (SSSR count). The summed E-state index contributed by atoms with van der Waals surface area (Å²) in [6.45, 7) is 0.768. The molecule has 5 nitrogen and oxygen atoms in total. The molecule has 2 fully saturated rings. The van der Waals surface area contributed by atoms with Crippen LogP contribution in [0.1, 0.15) is 42.7 Å². The van der Waals surface area contributed by atoms with Crippen LogP contribution in [0.25, 0.3) is 0 Å². The number of nitrogens with zero attached hydrogens (tertiary/aromatic N) is 1. The number of aromatic hydroxyl groups is 1. The fraction of sp³-hybridized carbons (Fsp3) is 0.556. The van der Waals surface area contributed by atoms with Gasteiger partial charge in [0.1, 0.15) is 5.60 Å². The molecule has 0 radical (unpaired) electrons. The average molecular weight is 313 g/mol. The molecule has 23 heavy (non-hydrogen) atoms. The number of benzene rings is 1. The van der Waals surface area contributed by atoms with Gasteiger partial charge in [0.25, 0.3) is 0 Å². The van der Waals surface area contributed by atoms with Crippen molar-refractivity contribution in [1.82, 2.24) is 0 Å². The van der Waals surface area contributed by atoms with Crippen LogP contribution in [-0.4, -0.2) is 40.0 Å². The van der Waals surface area contributed by atoms with Crippen molar-refractivity contribution in [2.75, 3.05) is 6.54 Å². The first-order valence-electron chi connectivity index (χ1n) is 8.38. The molecule has 0 spiro atoms. The summed E-state index contributed by atoms with van der Waals surface area (Å²) in [4.78, 5) is 17.0. The Labute approximate surface area is 134 Å². The van der Waals surface area contributed by atoms with Gasteiger partial charge in [-0.1, -0.05) is 6.07 Å². The molecule has 4 aliphatic rings. The van der Waals surface area contributed by atoms with Gasteiger partial charge in [-0.15, -0.1) is 0 Å². The van der Waals surface area contributed by atoms with Gasteiger partial charge in [0, 0.05) is 30.7 Å². The maximum Gasteiger partial charge on any atom is 0.174 e. The fourth-order valence-electron chi connectivity index (χ4n) is 4.34. The first-order valence-corrected chi connectivity index (χ1v) is 8.38. The van der Waals surface area contributed by atoms with Gasteiger partial charge in [0.05, 0.1) is 5.92 Å². The summed E-state index contributed by atoms with van der Waals surface area (Å²) in [7, 11) is 0. The van der Waals surface area contributed by atoms with Crippen molar-refractivity contribution in [2.24, 2.45) is 10.9 Å². The van der Waals surface area contributed by atoms with Crippen molar-refractivity contribution in [1.29, 1.82) is 0 Å².